The highest BCUT2D eigenvalue weighted by Gasteiger charge is 2.22. The van der Waals surface area contributed by atoms with Crippen LogP contribution in [0.15, 0.2) is 132 Å². The van der Waals surface area contributed by atoms with E-state index in [9.17, 15) is 0 Å². The standard InChI is InChI=1S/C33H21N3O/c1-3-11-22(12-4-1)30-21-34-33(37-30)36-28-18-10-8-16-26(28)31-29(36)20-19-25-24-15-7-9-17-27(24)35(32(25)31)23-13-5-2-6-14-23/h1-21H. The lowest BCUT2D eigenvalue weighted by atomic mass is 10.1. The van der Waals surface area contributed by atoms with Crippen LogP contribution in [0.3, 0.4) is 0 Å². The molecule has 0 spiro atoms. The quantitative estimate of drug-likeness (QED) is 0.257. The van der Waals surface area contributed by atoms with E-state index in [4.69, 9.17) is 9.40 Å². The molecule has 8 aromatic rings. The van der Waals surface area contributed by atoms with Gasteiger partial charge < -0.3 is 8.98 Å². The smallest absolute Gasteiger partial charge is 0.307 e. The predicted molar refractivity (Wildman–Crippen MR) is 151 cm³/mol. The van der Waals surface area contributed by atoms with Gasteiger partial charge in [0.1, 0.15) is 0 Å². The van der Waals surface area contributed by atoms with E-state index in [2.05, 4.69) is 100 Å². The molecule has 4 heteroatoms. The lowest BCUT2D eigenvalue weighted by Crippen LogP contribution is -1.95. The van der Waals surface area contributed by atoms with Crippen LogP contribution >= 0.6 is 0 Å². The van der Waals surface area contributed by atoms with Crippen molar-refractivity contribution in [2.24, 2.45) is 0 Å². The van der Waals surface area contributed by atoms with Crippen molar-refractivity contribution in [1.82, 2.24) is 14.1 Å². The van der Waals surface area contributed by atoms with Crippen molar-refractivity contribution in [2.45, 2.75) is 0 Å². The summed E-state index contributed by atoms with van der Waals surface area (Å²) in [6.07, 6.45) is 1.81. The molecule has 3 aromatic heterocycles. The lowest BCUT2D eigenvalue weighted by Gasteiger charge is -2.09. The molecular formula is C33H21N3O. The van der Waals surface area contributed by atoms with Gasteiger partial charge >= 0.3 is 6.01 Å². The molecule has 3 heterocycles. The van der Waals surface area contributed by atoms with Crippen molar-refractivity contribution < 1.29 is 4.42 Å². The molecule has 0 unspecified atom stereocenters. The summed E-state index contributed by atoms with van der Waals surface area (Å²) in [4.78, 5) is 4.73. The number of benzene rings is 5. The maximum atomic E-state index is 6.36. The molecule has 0 N–H and O–H groups in total. The Bertz CT molecular complexity index is 2080. The fourth-order valence-corrected chi connectivity index (χ4v) is 5.66. The minimum Gasteiger partial charge on any atom is -0.423 e. The molecule has 0 saturated carbocycles. The van der Waals surface area contributed by atoms with Gasteiger partial charge in [0, 0.05) is 32.8 Å². The normalized spacial score (nSPS) is 11.8. The molecular weight excluding hydrogens is 454 g/mol. The summed E-state index contributed by atoms with van der Waals surface area (Å²) in [7, 11) is 0. The predicted octanol–water partition coefficient (Wildman–Crippen LogP) is 8.54. The van der Waals surface area contributed by atoms with Gasteiger partial charge in [-0.05, 0) is 30.3 Å². The molecule has 174 valence electrons. The van der Waals surface area contributed by atoms with Crippen molar-refractivity contribution in [2.75, 3.05) is 0 Å². The molecule has 0 radical (unpaired) electrons. The average Bonchev–Trinajstić information content (AvgIpc) is 3.66. The zero-order chi connectivity index (χ0) is 24.3. The third kappa shape index (κ3) is 2.87. The van der Waals surface area contributed by atoms with Crippen LogP contribution in [0, 0.1) is 0 Å². The van der Waals surface area contributed by atoms with E-state index in [0.717, 1.165) is 28.0 Å². The largest absolute Gasteiger partial charge is 0.423 e. The van der Waals surface area contributed by atoms with Crippen LogP contribution in [0.1, 0.15) is 0 Å². The SMILES string of the molecule is c1ccc(-c2cnc(-n3c4ccccc4c4c3ccc3c5ccccc5n(-c5ccccc5)c34)o2)cc1. The van der Waals surface area contributed by atoms with Crippen molar-refractivity contribution in [1.29, 1.82) is 0 Å². The van der Waals surface area contributed by atoms with Gasteiger partial charge in [0.05, 0.1) is 28.3 Å². The summed E-state index contributed by atoms with van der Waals surface area (Å²) < 4.78 is 10.9. The Labute approximate surface area is 212 Å². The molecule has 8 rings (SSSR count). The maximum Gasteiger partial charge on any atom is 0.307 e. The number of para-hydroxylation sites is 3. The van der Waals surface area contributed by atoms with Crippen LogP contribution in [0.25, 0.3) is 66.6 Å². The first-order valence-electron chi connectivity index (χ1n) is 12.4. The van der Waals surface area contributed by atoms with E-state index < -0.39 is 0 Å². The minimum atomic E-state index is 0.562. The fraction of sp³-hybridized carbons (Fsp3) is 0. The van der Waals surface area contributed by atoms with E-state index in [1.807, 2.05) is 36.5 Å². The molecule has 37 heavy (non-hydrogen) atoms. The topological polar surface area (TPSA) is 35.9 Å². The Morgan fingerprint density at radius 2 is 1.16 bits per heavy atom. The van der Waals surface area contributed by atoms with Crippen LogP contribution in [0.2, 0.25) is 0 Å². The molecule has 0 fully saturated rings. The summed E-state index contributed by atoms with van der Waals surface area (Å²) >= 11 is 0. The second kappa shape index (κ2) is 7.70. The number of nitrogens with zero attached hydrogens (tertiary/aromatic N) is 3. The Balaban J connectivity index is 1.52. The first kappa shape index (κ1) is 20.1. The van der Waals surface area contributed by atoms with E-state index in [-0.39, 0.29) is 0 Å². The number of aromatic nitrogens is 3. The fourth-order valence-electron chi connectivity index (χ4n) is 5.66. The van der Waals surface area contributed by atoms with Crippen molar-refractivity contribution in [3.05, 3.63) is 128 Å². The van der Waals surface area contributed by atoms with Gasteiger partial charge in [-0.15, -0.1) is 0 Å². The minimum absolute atomic E-state index is 0.562. The van der Waals surface area contributed by atoms with Gasteiger partial charge in [0.15, 0.2) is 5.76 Å². The summed E-state index contributed by atoms with van der Waals surface area (Å²) in [5.41, 5.74) is 6.66. The number of hydrogen-bond donors (Lipinski definition) is 0. The van der Waals surface area contributed by atoms with Gasteiger partial charge in [-0.25, -0.2) is 4.98 Å². The van der Waals surface area contributed by atoms with Crippen LogP contribution in [-0.2, 0) is 0 Å². The second-order valence-electron chi connectivity index (χ2n) is 9.27. The van der Waals surface area contributed by atoms with Crippen LogP contribution in [-0.4, -0.2) is 14.1 Å². The molecule has 0 aliphatic carbocycles. The number of hydrogen-bond acceptors (Lipinski definition) is 2. The van der Waals surface area contributed by atoms with Crippen LogP contribution < -0.4 is 0 Å². The first-order chi connectivity index (χ1) is 18.4. The Hall–Kier alpha value is -5.09. The molecule has 0 aliphatic heterocycles. The molecule has 0 amide bonds. The summed E-state index contributed by atoms with van der Waals surface area (Å²) in [5, 5.41) is 4.82. The highest BCUT2D eigenvalue weighted by molar-refractivity contribution is 6.26. The van der Waals surface area contributed by atoms with Crippen molar-refractivity contribution >= 4 is 43.6 Å². The zero-order valence-electron chi connectivity index (χ0n) is 19.9. The van der Waals surface area contributed by atoms with E-state index in [0.29, 0.717) is 6.01 Å². The highest BCUT2D eigenvalue weighted by atomic mass is 16.4. The number of rotatable bonds is 3. The molecule has 0 atom stereocenters. The molecule has 5 aromatic carbocycles. The van der Waals surface area contributed by atoms with Crippen molar-refractivity contribution in [3.8, 4) is 23.0 Å². The van der Waals surface area contributed by atoms with Gasteiger partial charge in [-0.1, -0.05) is 91.0 Å². The Morgan fingerprint density at radius 1 is 0.514 bits per heavy atom. The van der Waals surface area contributed by atoms with Gasteiger partial charge in [-0.2, -0.15) is 0 Å². The highest BCUT2D eigenvalue weighted by Crippen LogP contribution is 2.41. The Morgan fingerprint density at radius 3 is 1.95 bits per heavy atom. The van der Waals surface area contributed by atoms with Crippen molar-refractivity contribution in [3.63, 3.8) is 0 Å². The zero-order valence-corrected chi connectivity index (χ0v) is 19.9. The first-order valence-corrected chi connectivity index (χ1v) is 12.4. The van der Waals surface area contributed by atoms with E-state index in [1.165, 1.54) is 32.6 Å². The molecule has 0 bridgehead atoms. The molecule has 0 saturated heterocycles. The van der Waals surface area contributed by atoms with Gasteiger partial charge in [0.25, 0.3) is 0 Å². The molecule has 0 aliphatic rings. The third-order valence-electron chi connectivity index (χ3n) is 7.23. The van der Waals surface area contributed by atoms with Gasteiger partial charge in [-0.3, -0.25) is 4.57 Å². The number of oxazole rings is 1. The van der Waals surface area contributed by atoms with Crippen LogP contribution in [0.5, 0.6) is 0 Å². The molecule has 4 nitrogen and oxygen atoms in total. The van der Waals surface area contributed by atoms with E-state index >= 15 is 0 Å². The summed E-state index contributed by atoms with van der Waals surface area (Å²) in [5.74, 6) is 0.751. The van der Waals surface area contributed by atoms with Crippen LogP contribution in [0.4, 0.5) is 0 Å². The lowest BCUT2D eigenvalue weighted by molar-refractivity contribution is 0.548. The maximum absolute atomic E-state index is 6.36. The average molecular weight is 476 g/mol. The van der Waals surface area contributed by atoms with E-state index in [1.54, 1.807) is 0 Å². The third-order valence-corrected chi connectivity index (χ3v) is 7.23. The second-order valence-corrected chi connectivity index (χ2v) is 9.27. The summed E-state index contributed by atoms with van der Waals surface area (Å²) in [6.45, 7) is 0. The Kier molecular flexibility index (Phi) is 4.19. The van der Waals surface area contributed by atoms with Gasteiger partial charge in [0.2, 0.25) is 0 Å². The monoisotopic (exact) mass is 475 g/mol. The number of fused-ring (bicyclic) bond motifs is 7. The summed E-state index contributed by atoms with van der Waals surface area (Å²) in [6, 6.07) is 42.8.